The number of allylic oxidation sites excluding steroid dienone is 4. The van der Waals surface area contributed by atoms with E-state index in [0.29, 0.717) is 0 Å². The van der Waals surface area contributed by atoms with Gasteiger partial charge in [0.25, 0.3) is 0 Å². The SMILES string of the molecule is N#Cc1c(C#N)c(/C=C/C=C/N)c(C#N)c(C#N)c1/C=C/C=C/N. The number of nitrogens with zero attached hydrogens (tertiary/aromatic N) is 4. The average molecular weight is 312 g/mol. The maximum absolute atomic E-state index is 9.44. The highest BCUT2D eigenvalue weighted by Gasteiger charge is 2.21. The Morgan fingerprint density at radius 3 is 1.04 bits per heavy atom. The maximum atomic E-state index is 9.44. The third-order valence-electron chi connectivity index (χ3n) is 2.99. The fourth-order valence-corrected chi connectivity index (χ4v) is 2.02. The minimum atomic E-state index is 0.0195. The van der Waals surface area contributed by atoms with Gasteiger partial charge in [-0.2, -0.15) is 21.0 Å². The van der Waals surface area contributed by atoms with Crippen LogP contribution in [0.3, 0.4) is 0 Å². The molecule has 0 bridgehead atoms. The van der Waals surface area contributed by atoms with Crippen molar-refractivity contribution >= 4 is 12.2 Å². The molecule has 114 valence electrons. The topological polar surface area (TPSA) is 147 Å². The van der Waals surface area contributed by atoms with Gasteiger partial charge in [-0.1, -0.05) is 24.3 Å². The van der Waals surface area contributed by atoms with Crippen molar-refractivity contribution in [1.29, 1.82) is 21.0 Å². The number of nitriles is 4. The van der Waals surface area contributed by atoms with Crippen LogP contribution in [-0.2, 0) is 0 Å². The van der Waals surface area contributed by atoms with Crippen LogP contribution in [0.15, 0.2) is 36.7 Å². The van der Waals surface area contributed by atoms with E-state index in [9.17, 15) is 21.0 Å². The Balaban J connectivity index is 3.98. The molecular formula is C18H12N6. The first kappa shape index (κ1) is 17.8. The van der Waals surface area contributed by atoms with Crippen molar-refractivity contribution in [3.05, 3.63) is 70.1 Å². The van der Waals surface area contributed by atoms with Gasteiger partial charge in [0.1, 0.15) is 24.3 Å². The molecular weight excluding hydrogens is 300 g/mol. The highest BCUT2D eigenvalue weighted by Crippen LogP contribution is 2.29. The Hall–Kier alpha value is -4.26. The van der Waals surface area contributed by atoms with Crippen LogP contribution in [0.1, 0.15) is 33.4 Å². The Morgan fingerprint density at radius 1 is 0.542 bits per heavy atom. The number of nitrogens with two attached hydrogens (primary N) is 2. The minimum Gasteiger partial charge on any atom is -0.405 e. The second-order valence-electron chi connectivity index (χ2n) is 4.26. The summed E-state index contributed by atoms with van der Waals surface area (Å²) in [5, 5.41) is 37.8. The van der Waals surface area contributed by atoms with Gasteiger partial charge >= 0.3 is 0 Å². The zero-order chi connectivity index (χ0) is 17.9. The molecule has 6 heteroatoms. The molecule has 0 aromatic heterocycles. The first-order valence-electron chi connectivity index (χ1n) is 6.64. The molecule has 6 nitrogen and oxygen atoms in total. The zero-order valence-corrected chi connectivity index (χ0v) is 12.6. The summed E-state index contributed by atoms with van der Waals surface area (Å²) in [5.41, 5.74) is 11.0. The van der Waals surface area contributed by atoms with Crippen LogP contribution in [0.5, 0.6) is 0 Å². The number of benzene rings is 1. The molecule has 0 saturated carbocycles. The quantitative estimate of drug-likeness (QED) is 0.814. The van der Waals surface area contributed by atoms with Gasteiger partial charge in [0.05, 0.1) is 22.3 Å². The van der Waals surface area contributed by atoms with Crippen LogP contribution in [0, 0.1) is 45.3 Å². The van der Waals surface area contributed by atoms with Gasteiger partial charge in [0.2, 0.25) is 0 Å². The standard InChI is InChI=1S/C18H12N6/c19-7-3-1-5-13-15(9-21)17(11-23)14(6-2-4-8-20)18(12-24)16(13)10-22/h1-8H,19-20H2/b5-1+,6-2+,7-3+,8-4+. The van der Waals surface area contributed by atoms with Crippen LogP contribution in [0.2, 0.25) is 0 Å². The summed E-state index contributed by atoms with van der Waals surface area (Å²) in [6.07, 6.45) is 11.5. The van der Waals surface area contributed by atoms with E-state index in [1.807, 2.05) is 24.3 Å². The summed E-state index contributed by atoms with van der Waals surface area (Å²) in [6.45, 7) is 0. The van der Waals surface area contributed by atoms with Gasteiger partial charge in [0, 0.05) is 11.1 Å². The lowest BCUT2D eigenvalue weighted by atomic mass is 9.87. The zero-order valence-electron chi connectivity index (χ0n) is 12.6. The molecule has 0 unspecified atom stereocenters. The van der Waals surface area contributed by atoms with Crippen molar-refractivity contribution in [3.63, 3.8) is 0 Å². The summed E-state index contributed by atoms with van der Waals surface area (Å²) >= 11 is 0. The maximum Gasteiger partial charge on any atom is 0.101 e. The van der Waals surface area contributed by atoms with Crippen molar-refractivity contribution in [2.75, 3.05) is 0 Å². The second-order valence-corrected chi connectivity index (χ2v) is 4.26. The molecule has 0 atom stereocenters. The minimum absolute atomic E-state index is 0.0195. The van der Waals surface area contributed by atoms with E-state index in [1.165, 1.54) is 48.9 Å². The lowest BCUT2D eigenvalue weighted by Gasteiger charge is -2.10. The summed E-state index contributed by atoms with van der Waals surface area (Å²) < 4.78 is 0. The molecule has 0 radical (unpaired) electrons. The highest BCUT2D eigenvalue weighted by atomic mass is 14.5. The molecule has 1 aromatic rings. The van der Waals surface area contributed by atoms with Gasteiger partial charge in [-0.15, -0.1) is 0 Å². The molecule has 1 rings (SSSR count). The fraction of sp³-hybridized carbons (Fsp3) is 0. The van der Waals surface area contributed by atoms with Gasteiger partial charge in [-0.3, -0.25) is 0 Å². The van der Waals surface area contributed by atoms with Crippen LogP contribution in [0.25, 0.3) is 12.2 Å². The van der Waals surface area contributed by atoms with E-state index >= 15 is 0 Å². The van der Waals surface area contributed by atoms with Gasteiger partial charge in [-0.05, 0) is 24.6 Å². The molecule has 0 fully saturated rings. The number of hydrogen-bond donors (Lipinski definition) is 2. The molecule has 4 N–H and O–H groups in total. The Bertz CT molecular complexity index is 789. The lowest BCUT2D eigenvalue weighted by Crippen LogP contribution is -2.02. The fourth-order valence-electron chi connectivity index (χ4n) is 2.02. The molecule has 1 aromatic carbocycles. The molecule has 0 aliphatic heterocycles. The van der Waals surface area contributed by atoms with Crippen molar-refractivity contribution in [1.82, 2.24) is 0 Å². The van der Waals surface area contributed by atoms with Crippen LogP contribution >= 0.6 is 0 Å². The predicted octanol–water partition coefficient (Wildman–Crippen LogP) is 2.14. The van der Waals surface area contributed by atoms with E-state index in [-0.39, 0.29) is 33.4 Å². The molecule has 0 aliphatic carbocycles. The van der Waals surface area contributed by atoms with Crippen LogP contribution in [-0.4, -0.2) is 0 Å². The lowest BCUT2D eigenvalue weighted by molar-refractivity contribution is 1.35. The highest BCUT2D eigenvalue weighted by molar-refractivity contribution is 5.80. The molecule has 24 heavy (non-hydrogen) atoms. The number of rotatable bonds is 4. The third-order valence-corrected chi connectivity index (χ3v) is 2.99. The second kappa shape index (κ2) is 8.90. The summed E-state index contributed by atoms with van der Waals surface area (Å²) in [5.74, 6) is 0. The monoisotopic (exact) mass is 312 g/mol. The largest absolute Gasteiger partial charge is 0.405 e. The normalized spacial score (nSPS) is 10.8. The van der Waals surface area contributed by atoms with E-state index in [0.717, 1.165) is 0 Å². The molecule has 0 aliphatic rings. The molecule has 0 amide bonds. The Morgan fingerprint density at radius 2 is 0.833 bits per heavy atom. The summed E-state index contributed by atoms with van der Waals surface area (Å²) in [7, 11) is 0. The van der Waals surface area contributed by atoms with Crippen molar-refractivity contribution in [2.45, 2.75) is 0 Å². The van der Waals surface area contributed by atoms with E-state index < -0.39 is 0 Å². The van der Waals surface area contributed by atoms with Crippen molar-refractivity contribution < 1.29 is 0 Å². The van der Waals surface area contributed by atoms with Crippen LogP contribution < -0.4 is 11.5 Å². The average Bonchev–Trinajstić information content (AvgIpc) is 2.61. The first-order valence-corrected chi connectivity index (χ1v) is 6.64. The molecule has 0 spiro atoms. The Kier molecular flexibility index (Phi) is 6.60. The van der Waals surface area contributed by atoms with Gasteiger partial charge in [-0.25, -0.2) is 0 Å². The third kappa shape index (κ3) is 3.49. The van der Waals surface area contributed by atoms with E-state index in [2.05, 4.69) is 0 Å². The molecule has 0 heterocycles. The summed E-state index contributed by atoms with van der Waals surface area (Å²) in [6, 6.07) is 7.73. The van der Waals surface area contributed by atoms with Crippen LogP contribution in [0.4, 0.5) is 0 Å². The van der Waals surface area contributed by atoms with Crippen molar-refractivity contribution in [2.24, 2.45) is 11.5 Å². The number of hydrogen-bond acceptors (Lipinski definition) is 6. The summed E-state index contributed by atoms with van der Waals surface area (Å²) in [4.78, 5) is 0. The predicted molar refractivity (Wildman–Crippen MR) is 90.0 cm³/mol. The van der Waals surface area contributed by atoms with Gasteiger partial charge in [0.15, 0.2) is 0 Å². The van der Waals surface area contributed by atoms with Gasteiger partial charge < -0.3 is 11.5 Å². The molecule has 0 saturated heterocycles. The Labute approximate surface area is 139 Å². The van der Waals surface area contributed by atoms with E-state index in [4.69, 9.17) is 11.5 Å². The van der Waals surface area contributed by atoms with Crippen molar-refractivity contribution in [3.8, 4) is 24.3 Å². The van der Waals surface area contributed by atoms with E-state index in [1.54, 1.807) is 0 Å². The first-order chi connectivity index (χ1) is 11.7. The smallest absolute Gasteiger partial charge is 0.101 e.